The first kappa shape index (κ1) is 20.7. The molecule has 0 aliphatic heterocycles. The van der Waals surface area contributed by atoms with Gasteiger partial charge in [0.15, 0.2) is 11.5 Å². The maximum atomic E-state index is 12.5. The van der Waals surface area contributed by atoms with Gasteiger partial charge in [0.05, 0.1) is 5.69 Å². The molecule has 0 aliphatic carbocycles. The van der Waals surface area contributed by atoms with Gasteiger partial charge in [0.1, 0.15) is 0 Å². The van der Waals surface area contributed by atoms with Gasteiger partial charge in [-0.3, -0.25) is 4.79 Å². The minimum absolute atomic E-state index is 0.0604. The first-order chi connectivity index (χ1) is 14.9. The SMILES string of the molecule is Cc1ccc(-c2nnc3ccc(-c4ccc(C(=O)NCCN(C)C)c(C)c4)nn23)cc1. The molecule has 0 unspecified atom stereocenters. The maximum absolute atomic E-state index is 12.5. The van der Waals surface area contributed by atoms with Crippen molar-refractivity contribution >= 4 is 11.6 Å². The van der Waals surface area contributed by atoms with Gasteiger partial charge in [0, 0.05) is 29.8 Å². The van der Waals surface area contributed by atoms with Crippen molar-refractivity contribution < 1.29 is 4.79 Å². The zero-order valence-corrected chi connectivity index (χ0v) is 18.3. The molecular formula is C24H26N6O. The van der Waals surface area contributed by atoms with Crippen LogP contribution < -0.4 is 5.32 Å². The zero-order chi connectivity index (χ0) is 22.0. The molecule has 4 aromatic rings. The molecule has 0 bridgehead atoms. The van der Waals surface area contributed by atoms with Crippen molar-refractivity contribution in [3.63, 3.8) is 0 Å². The van der Waals surface area contributed by atoms with Crippen LogP contribution >= 0.6 is 0 Å². The van der Waals surface area contributed by atoms with Crippen LogP contribution in [0.3, 0.4) is 0 Å². The molecule has 7 nitrogen and oxygen atoms in total. The molecule has 0 saturated heterocycles. The van der Waals surface area contributed by atoms with E-state index in [2.05, 4.69) is 22.4 Å². The lowest BCUT2D eigenvalue weighted by Gasteiger charge is -2.12. The summed E-state index contributed by atoms with van der Waals surface area (Å²) in [4.78, 5) is 14.5. The monoisotopic (exact) mass is 414 g/mol. The van der Waals surface area contributed by atoms with Gasteiger partial charge in [-0.25, -0.2) is 0 Å². The third-order valence-corrected chi connectivity index (χ3v) is 5.18. The first-order valence-electron chi connectivity index (χ1n) is 10.3. The van der Waals surface area contributed by atoms with Crippen LogP contribution in [0.5, 0.6) is 0 Å². The number of likely N-dealkylation sites (N-methyl/N-ethyl adjacent to an activating group) is 1. The van der Waals surface area contributed by atoms with E-state index in [-0.39, 0.29) is 5.91 Å². The topological polar surface area (TPSA) is 75.4 Å². The normalized spacial score (nSPS) is 11.3. The molecule has 0 radical (unpaired) electrons. The van der Waals surface area contributed by atoms with Crippen molar-refractivity contribution in [2.24, 2.45) is 0 Å². The van der Waals surface area contributed by atoms with E-state index in [4.69, 9.17) is 5.10 Å². The molecule has 0 atom stereocenters. The van der Waals surface area contributed by atoms with E-state index in [1.165, 1.54) is 5.56 Å². The predicted octanol–water partition coefficient (Wildman–Crippen LogP) is 3.37. The number of carbonyl (C=O) groups excluding carboxylic acids is 1. The van der Waals surface area contributed by atoms with Crippen LogP contribution in [0.15, 0.2) is 54.6 Å². The van der Waals surface area contributed by atoms with Crippen molar-refractivity contribution in [1.29, 1.82) is 0 Å². The summed E-state index contributed by atoms with van der Waals surface area (Å²) < 4.78 is 1.76. The lowest BCUT2D eigenvalue weighted by molar-refractivity contribution is 0.0950. The Morgan fingerprint density at radius 3 is 2.42 bits per heavy atom. The summed E-state index contributed by atoms with van der Waals surface area (Å²) >= 11 is 0. The van der Waals surface area contributed by atoms with Gasteiger partial charge in [0.25, 0.3) is 5.91 Å². The number of aryl methyl sites for hydroxylation is 2. The summed E-state index contributed by atoms with van der Waals surface area (Å²) in [6.07, 6.45) is 0. The second-order valence-electron chi connectivity index (χ2n) is 7.97. The second kappa shape index (κ2) is 8.65. The summed E-state index contributed by atoms with van der Waals surface area (Å²) in [6.45, 7) is 5.41. The van der Waals surface area contributed by atoms with E-state index in [1.54, 1.807) is 4.52 Å². The molecule has 1 N–H and O–H groups in total. The number of fused-ring (bicyclic) bond motifs is 1. The van der Waals surface area contributed by atoms with Crippen molar-refractivity contribution in [3.05, 3.63) is 71.3 Å². The highest BCUT2D eigenvalue weighted by Gasteiger charge is 2.13. The van der Waals surface area contributed by atoms with Gasteiger partial charge in [0.2, 0.25) is 0 Å². The van der Waals surface area contributed by atoms with Gasteiger partial charge in [-0.15, -0.1) is 10.2 Å². The Kier molecular flexibility index (Phi) is 5.77. The van der Waals surface area contributed by atoms with Crippen molar-refractivity contribution in [1.82, 2.24) is 30.0 Å². The van der Waals surface area contributed by atoms with Crippen LogP contribution in [0.25, 0.3) is 28.3 Å². The second-order valence-corrected chi connectivity index (χ2v) is 7.97. The lowest BCUT2D eigenvalue weighted by Crippen LogP contribution is -2.31. The number of nitrogens with zero attached hydrogens (tertiary/aromatic N) is 5. The van der Waals surface area contributed by atoms with Gasteiger partial charge in [-0.2, -0.15) is 9.61 Å². The number of amides is 1. The van der Waals surface area contributed by atoms with E-state index >= 15 is 0 Å². The highest BCUT2D eigenvalue weighted by molar-refractivity contribution is 5.96. The summed E-state index contributed by atoms with van der Waals surface area (Å²) in [6, 6.07) is 17.7. The Hall–Kier alpha value is -3.58. The minimum atomic E-state index is -0.0604. The summed E-state index contributed by atoms with van der Waals surface area (Å²) in [5, 5.41) is 16.3. The Bertz CT molecular complexity index is 1230. The van der Waals surface area contributed by atoms with E-state index in [1.807, 2.05) is 80.5 Å². The fourth-order valence-corrected chi connectivity index (χ4v) is 3.39. The Morgan fingerprint density at radius 2 is 1.71 bits per heavy atom. The number of hydrogen-bond acceptors (Lipinski definition) is 5. The molecule has 2 aromatic heterocycles. The first-order valence-corrected chi connectivity index (χ1v) is 10.3. The largest absolute Gasteiger partial charge is 0.351 e. The number of hydrogen-bond donors (Lipinski definition) is 1. The third kappa shape index (κ3) is 4.46. The summed E-state index contributed by atoms with van der Waals surface area (Å²) in [7, 11) is 3.96. The summed E-state index contributed by atoms with van der Waals surface area (Å²) in [5.41, 5.74) is 6.15. The van der Waals surface area contributed by atoms with E-state index in [9.17, 15) is 4.79 Å². The molecule has 7 heteroatoms. The number of benzene rings is 2. The van der Waals surface area contributed by atoms with Crippen LogP contribution in [0.4, 0.5) is 0 Å². The Labute approximate surface area is 181 Å². The molecule has 0 saturated carbocycles. The minimum Gasteiger partial charge on any atom is -0.351 e. The summed E-state index contributed by atoms with van der Waals surface area (Å²) in [5.74, 6) is 0.639. The average molecular weight is 415 g/mol. The average Bonchev–Trinajstić information content (AvgIpc) is 3.17. The lowest BCUT2D eigenvalue weighted by atomic mass is 10.0. The van der Waals surface area contributed by atoms with Gasteiger partial charge >= 0.3 is 0 Å². The van der Waals surface area contributed by atoms with E-state index in [0.717, 1.165) is 28.9 Å². The predicted molar refractivity (Wildman–Crippen MR) is 122 cm³/mol. The molecule has 2 heterocycles. The third-order valence-electron chi connectivity index (χ3n) is 5.18. The fourth-order valence-electron chi connectivity index (χ4n) is 3.39. The van der Waals surface area contributed by atoms with Gasteiger partial charge in [-0.05, 0) is 57.8 Å². The number of nitrogens with one attached hydrogen (secondary N) is 1. The van der Waals surface area contributed by atoms with Crippen LogP contribution in [-0.4, -0.2) is 57.8 Å². The van der Waals surface area contributed by atoms with Gasteiger partial charge < -0.3 is 10.2 Å². The Morgan fingerprint density at radius 1 is 0.968 bits per heavy atom. The molecule has 0 spiro atoms. The highest BCUT2D eigenvalue weighted by Crippen LogP contribution is 2.23. The molecular weight excluding hydrogens is 388 g/mol. The molecule has 4 rings (SSSR count). The quantitative estimate of drug-likeness (QED) is 0.524. The molecule has 2 aromatic carbocycles. The van der Waals surface area contributed by atoms with Crippen LogP contribution in [-0.2, 0) is 0 Å². The molecule has 1 amide bonds. The molecule has 0 aliphatic rings. The number of rotatable bonds is 6. The number of aromatic nitrogens is 4. The number of carbonyl (C=O) groups is 1. The van der Waals surface area contributed by atoms with Crippen LogP contribution in [0, 0.1) is 13.8 Å². The molecule has 158 valence electrons. The molecule has 31 heavy (non-hydrogen) atoms. The van der Waals surface area contributed by atoms with Crippen LogP contribution in [0.1, 0.15) is 21.5 Å². The van der Waals surface area contributed by atoms with E-state index in [0.29, 0.717) is 23.6 Å². The zero-order valence-electron chi connectivity index (χ0n) is 18.3. The standard InChI is InChI=1S/C24H26N6O/c1-16-5-7-18(8-6-16)23-27-26-22-12-11-21(28-30(22)23)19-9-10-20(17(2)15-19)24(31)25-13-14-29(3)4/h5-12,15H,13-14H2,1-4H3,(H,25,31). The van der Waals surface area contributed by atoms with Crippen LogP contribution in [0.2, 0.25) is 0 Å². The Balaban J connectivity index is 1.63. The maximum Gasteiger partial charge on any atom is 0.251 e. The highest BCUT2D eigenvalue weighted by atomic mass is 16.1. The smallest absolute Gasteiger partial charge is 0.251 e. The molecule has 0 fully saturated rings. The van der Waals surface area contributed by atoms with Crippen molar-refractivity contribution in [3.8, 4) is 22.6 Å². The fraction of sp³-hybridized carbons (Fsp3) is 0.250. The van der Waals surface area contributed by atoms with Crippen molar-refractivity contribution in [2.45, 2.75) is 13.8 Å². The van der Waals surface area contributed by atoms with Gasteiger partial charge in [-0.1, -0.05) is 35.9 Å². The van der Waals surface area contributed by atoms with Crippen molar-refractivity contribution in [2.75, 3.05) is 27.2 Å². The van der Waals surface area contributed by atoms with E-state index < -0.39 is 0 Å².